The van der Waals surface area contributed by atoms with Gasteiger partial charge < -0.3 is 14.5 Å². The number of halogens is 2. The van der Waals surface area contributed by atoms with Gasteiger partial charge in [-0.3, -0.25) is 9.59 Å². The van der Waals surface area contributed by atoms with Gasteiger partial charge in [0.15, 0.2) is 0 Å². The minimum absolute atomic E-state index is 0.0382. The van der Waals surface area contributed by atoms with E-state index in [1.165, 1.54) is 20.0 Å². The average molecular weight is 413 g/mol. The fourth-order valence-corrected chi connectivity index (χ4v) is 4.44. The molecule has 2 atom stereocenters. The molecule has 0 saturated carbocycles. The lowest BCUT2D eigenvalue weighted by Gasteiger charge is -2.40. The Morgan fingerprint density at radius 2 is 1.89 bits per heavy atom. The summed E-state index contributed by atoms with van der Waals surface area (Å²) in [5, 5.41) is 0.943. The van der Waals surface area contributed by atoms with E-state index in [9.17, 15) is 9.59 Å². The van der Waals surface area contributed by atoms with Gasteiger partial charge in [0, 0.05) is 19.1 Å². The van der Waals surface area contributed by atoms with Gasteiger partial charge in [-0.25, -0.2) is 0 Å². The van der Waals surface area contributed by atoms with Gasteiger partial charge in [0.05, 0.1) is 29.5 Å². The highest BCUT2D eigenvalue weighted by Crippen LogP contribution is 2.27. The second-order valence-electron chi connectivity index (χ2n) is 7.42. The van der Waals surface area contributed by atoms with E-state index < -0.39 is 0 Å². The Balaban J connectivity index is 1.70. The smallest absolute Gasteiger partial charge is 0.308 e. The molecule has 0 radical (unpaired) electrons. The van der Waals surface area contributed by atoms with Crippen molar-refractivity contribution < 1.29 is 14.3 Å². The highest BCUT2D eigenvalue weighted by atomic mass is 35.5. The Bertz CT molecular complexity index is 692. The number of nitrogens with zero attached hydrogens (tertiary/aromatic N) is 2. The van der Waals surface area contributed by atoms with Gasteiger partial charge in [0.2, 0.25) is 5.91 Å². The van der Waals surface area contributed by atoms with Crippen molar-refractivity contribution in [2.24, 2.45) is 5.92 Å². The number of ether oxygens (including phenoxy) is 1. The fourth-order valence-electron chi connectivity index (χ4n) is 4.12. The molecule has 0 unspecified atom stereocenters. The van der Waals surface area contributed by atoms with Crippen molar-refractivity contribution in [3.05, 3.63) is 33.8 Å². The van der Waals surface area contributed by atoms with E-state index in [1.807, 2.05) is 11.0 Å². The number of likely N-dealkylation sites (tertiary alicyclic amines) is 2. The molecule has 2 saturated heterocycles. The summed E-state index contributed by atoms with van der Waals surface area (Å²) in [5.41, 5.74) is 0.851. The summed E-state index contributed by atoms with van der Waals surface area (Å²) in [4.78, 5) is 29.4. The van der Waals surface area contributed by atoms with Crippen molar-refractivity contribution in [1.29, 1.82) is 0 Å². The lowest BCUT2D eigenvalue weighted by Crippen LogP contribution is -2.52. The zero-order chi connectivity index (χ0) is 19.4. The first-order chi connectivity index (χ1) is 13.0. The summed E-state index contributed by atoms with van der Waals surface area (Å²) in [7, 11) is 1.43. The lowest BCUT2D eigenvalue weighted by molar-refractivity contribution is -0.150. The topological polar surface area (TPSA) is 49.9 Å². The SMILES string of the molecule is COC(=O)[C@H]1CCN(C(=O)Cc2ccc(Cl)c(Cl)c2)[C@@H](CN2CCCC2)C1. The number of rotatable bonds is 5. The molecule has 148 valence electrons. The number of hydrogen-bond acceptors (Lipinski definition) is 4. The van der Waals surface area contributed by atoms with Crippen LogP contribution in [0.3, 0.4) is 0 Å². The highest BCUT2D eigenvalue weighted by Gasteiger charge is 2.36. The van der Waals surface area contributed by atoms with Crippen LogP contribution in [-0.4, -0.2) is 61.0 Å². The van der Waals surface area contributed by atoms with E-state index in [-0.39, 0.29) is 30.3 Å². The van der Waals surface area contributed by atoms with Gasteiger partial charge in [-0.05, 0) is 56.5 Å². The highest BCUT2D eigenvalue weighted by molar-refractivity contribution is 6.42. The lowest BCUT2D eigenvalue weighted by atomic mass is 9.90. The molecule has 5 nitrogen and oxygen atoms in total. The predicted octanol–water partition coefficient (Wildman–Crippen LogP) is 3.41. The van der Waals surface area contributed by atoms with E-state index in [1.54, 1.807) is 12.1 Å². The van der Waals surface area contributed by atoms with Crippen molar-refractivity contribution in [2.45, 2.75) is 38.1 Å². The van der Waals surface area contributed by atoms with Crippen LogP contribution in [0.15, 0.2) is 18.2 Å². The number of hydrogen-bond donors (Lipinski definition) is 0. The number of carbonyl (C=O) groups is 2. The quantitative estimate of drug-likeness (QED) is 0.695. The molecule has 0 aliphatic carbocycles. The molecule has 2 fully saturated rings. The number of benzene rings is 1. The minimum Gasteiger partial charge on any atom is -0.469 e. The maximum Gasteiger partial charge on any atom is 0.308 e. The molecule has 2 aliphatic heterocycles. The standard InChI is InChI=1S/C20H26Cl2N2O3/c1-27-20(26)15-6-9-24(16(12-15)13-23-7-2-3-8-23)19(25)11-14-4-5-17(21)18(22)10-14/h4-5,10,15-16H,2-3,6-9,11-13H2,1H3/t15-,16+/m0/s1. The van der Waals surface area contributed by atoms with E-state index >= 15 is 0 Å². The number of carbonyl (C=O) groups excluding carboxylic acids is 2. The molecule has 27 heavy (non-hydrogen) atoms. The van der Waals surface area contributed by atoms with E-state index in [2.05, 4.69) is 4.90 Å². The van der Waals surface area contributed by atoms with Gasteiger partial charge in [-0.1, -0.05) is 29.3 Å². The minimum atomic E-state index is -0.169. The zero-order valence-corrected chi connectivity index (χ0v) is 17.1. The van der Waals surface area contributed by atoms with Crippen LogP contribution in [0.4, 0.5) is 0 Å². The van der Waals surface area contributed by atoms with Gasteiger partial charge in [0.1, 0.15) is 0 Å². The molecule has 2 heterocycles. The van der Waals surface area contributed by atoms with Crippen LogP contribution in [0.1, 0.15) is 31.2 Å². The third kappa shape index (κ3) is 5.15. The maximum absolute atomic E-state index is 13.0. The summed E-state index contributed by atoms with van der Waals surface area (Å²) in [6.07, 6.45) is 4.00. The number of esters is 1. The van der Waals surface area contributed by atoms with Gasteiger partial charge >= 0.3 is 5.97 Å². The first kappa shape index (κ1) is 20.4. The van der Waals surface area contributed by atoms with Crippen LogP contribution >= 0.6 is 23.2 Å². The molecule has 1 amide bonds. The van der Waals surface area contributed by atoms with Crippen molar-refractivity contribution in [3.63, 3.8) is 0 Å². The van der Waals surface area contributed by atoms with Gasteiger partial charge in [-0.15, -0.1) is 0 Å². The maximum atomic E-state index is 13.0. The van der Waals surface area contributed by atoms with E-state index in [0.29, 0.717) is 29.4 Å². The van der Waals surface area contributed by atoms with Crippen LogP contribution in [-0.2, 0) is 20.7 Å². The molecular formula is C20H26Cl2N2O3. The molecular weight excluding hydrogens is 387 g/mol. The monoisotopic (exact) mass is 412 g/mol. The number of amides is 1. The van der Waals surface area contributed by atoms with Crippen LogP contribution < -0.4 is 0 Å². The van der Waals surface area contributed by atoms with Gasteiger partial charge in [-0.2, -0.15) is 0 Å². The van der Waals surface area contributed by atoms with Crippen molar-refractivity contribution in [1.82, 2.24) is 9.80 Å². The molecule has 0 bridgehead atoms. The normalized spacial score (nSPS) is 23.4. The Hall–Kier alpha value is -1.30. The van der Waals surface area contributed by atoms with E-state index in [4.69, 9.17) is 27.9 Å². The molecule has 1 aromatic rings. The largest absolute Gasteiger partial charge is 0.469 e. The molecule has 0 spiro atoms. The summed E-state index contributed by atoms with van der Waals surface area (Å²) in [6.45, 7) is 3.53. The Kier molecular flexibility index (Phi) is 7.01. The predicted molar refractivity (Wildman–Crippen MR) is 106 cm³/mol. The summed E-state index contributed by atoms with van der Waals surface area (Å²) < 4.78 is 4.94. The van der Waals surface area contributed by atoms with Gasteiger partial charge in [0.25, 0.3) is 0 Å². The number of methoxy groups -OCH3 is 1. The molecule has 2 aliphatic rings. The average Bonchev–Trinajstić information content (AvgIpc) is 3.17. The van der Waals surface area contributed by atoms with Crippen LogP contribution in [0.5, 0.6) is 0 Å². The fraction of sp³-hybridized carbons (Fsp3) is 0.600. The van der Waals surface area contributed by atoms with E-state index in [0.717, 1.165) is 25.2 Å². The summed E-state index contributed by atoms with van der Waals surface area (Å²) in [5.74, 6) is -0.226. The van der Waals surface area contributed by atoms with Crippen molar-refractivity contribution in [3.8, 4) is 0 Å². The molecule has 7 heteroatoms. The first-order valence-corrected chi connectivity index (χ1v) is 10.3. The first-order valence-electron chi connectivity index (χ1n) is 9.51. The van der Waals surface area contributed by atoms with Crippen molar-refractivity contribution >= 4 is 35.1 Å². The molecule has 0 aromatic heterocycles. The third-order valence-electron chi connectivity index (χ3n) is 5.58. The number of piperidine rings is 1. The Labute approximate surface area is 170 Å². The third-order valence-corrected chi connectivity index (χ3v) is 6.32. The molecule has 1 aromatic carbocycles. The Morgan fingerprint density at radius 1 is 1.15 bits per heavy atom. The molecule has 0 N–H and O–H groups in total. The summed E-state index contributed by atoms with van der Waals surface area (Å²) >= 11 is 12.0. The molecule has 3 rings (SSSR count). The second kappa shape index (κ2) is 9.26. The Morgan fingerprint density at radius 3 is 2.56 bits per heavy atom. The van der Waals surface area contributed by atoms with Crippen LogP contribution in [0.2, 0.25) is 10.0 Å². The second-order valence-corrected chi connectivity index (χ2v) is 8.23. The van der Waals surface area contributed by atoms with Crippen LogP contribution in [0.25, 0.3) is 0 Å². The summed E-state index contributed by atoms with van der Waals surface area (Å²) in [6, 6.07) is 5.34. The zero-order valence-electron chi connectivity index (χ0n) is 15.6. The van der Waals surface area contributed by atoms with Crippen molar-refractivity contribution in [2.75, 3.05) is 33.3 Å². The van der Waals surface area contributed by atoms with Crippen LogP contribution in [0, 0.1) is 5.92 Å².